The fraction of sp³-hybridized carbons (Fsp3) is 0.250. The van der Waals surface area contributed by atoms with Crippen molar-refractivity contribution in [2.24, 2.45) is 5.92 Å². The number of carboxylic acid groups (broad SMARTS) is 1. The van der Waals surface area contributed by atoms with Crippen LogP contribution in [0.5, 0.6) is 0 Å². The van der Waals surface area contributed by atoms with Crippen LogP contribution in [-0.2, 0) is 0 Å². The van der Waals surface area contributed by atoms with Crippen LogP contribution in [0.15, 0.2) is 48.6 Å². The monoisotopic (exact) mass is 339 g/mol. The molecule has 0 spiro atoms. The second-order valence-electron chi connectivity index (χ2n) is 6.50. The lowest BCUT2D eigenvalue weighted by Crippen LogP contribution is -2.30. The van der Waals surface area contributed by atoms with Gasteiger partial charge < -0.3 is 10.4 Å². The summed E-state index contributed by atoms with van der Waals surface area (Å²) in [5.74, 6) is -0.272. The largest absolute Gasteiger partial charge is 0.478 e. The molecular formula is C20H18ClNO2. The minimum atomic E-state index is -0.886. The number of hydrogen-bond donors (Lipinski definition) is 2. The first-order valence-corrected chi connectivity index (χ1v) is 8.50. The quantitative estimate of drug-likeness (QED) is 0.742. The maximum Gasteiger partial charge on any atom is 0.336 e. The Balaban J connectivity index is 1.87. The van der Waals surface area contributed by atoms with E-state index < -0.39 is 5.97 Å². The van der Waals surface area contributed by atoms with Gasteiger partial charge in [-0.25, -0.2) is 4.79 Å². The van der Waals surface area contributed by atoms with E-state index in [4.69, 9.17) is 11.6 Å². The summed E-state index contributed by atoms with van der Waals surface area (Å²) < 4.78 is 0. The Morgan fingerprint density at radius 3 is 2.79 bits per heavy atom. The van der Waals surface area contributed by atoms with Crippen LogP contribution < -0.4 is 5.32 Å². The van der Waals surface area contributed by atoms with Crippen molar-refractivity contribution in [3.8, 4) is 0 Å². The molecule has 0 amide bonds. The molecule has 1 aliphatic carbocycles. The molecule has 4 heteroatoms. The van der Waals surface area contributed by atoms with Gasteiger partial charge in [0.25, 0.3) is 0 Å². The topological polar surface area (TPSA) is 49.3 Å². The number of aromatic carboxylic acids is 1. The Bertz CT molecular complexity index is 859. The Kier molecular flexibility index (Phi) is 3.61. The van der Waals surface area contributed by atoms with Crippen molar-refractivity contribution < 1.29 is 9.90 Å². The van der Waals surface area contributed by atoms with Crippen LogP contribution in [0.25, 0.3) is 0 Å². The van der Waals surface area contributed by atoms with Gasteiger partial charge in [0, 0.05) is 16.6 Å². The molecule has 2 aromatic carbocycles. The second-order valence-corrected chi connectivity index (χ2v) is 6.91. The molecule has 3 atom stereocenters. The first kappa shape index (κ1) is 15.3. The number of anilines is 1. The molecule has 1 heterocycles. The van der Waals surface area contributed by atoms with Gasteiger partial charge in [-0.05, 0) is 48.1 Å². The maximum atomic E-state index is 11.7. The summed E-state index contributed by atoms with van der Waals surface area (Å²) in [5, 5.41) is 13.9. The summed E-state index contributed by atoms with van der Waals surface area (Å²) in [6, 6.07) is 11.3. The average molecular weight is 340 g/mol. The standard InChI is InChI=1S/C20H18ClNO2/c1-11-17(21)10-9-15-12-7-4-8-13(12)19(22-18(11)15)14-5-2-3-6-16(14)20(23)24/h2-7,9-10,12-13,19,22H,8H2,1H3,(H,23,24)/t12-,13-,19+/m1/s1. The highest BCUT2D eigenvalue weighted by Gasteiger charge is 2.39. The third kappa shape index (κ3) is 2.23. The van der Waals surface area contributed by atoms with Crippen molar-refractivity contribution in [2.45, 2.75) is 25.3 Å². The molecule has 0 bridgehead atoms. The fourth-order valence-electron chi connectivity index (χ4n) is 4.06. The summed E-state index contributed by atoms with van der Waals surface area (Å²) in [4.78, 5) is 11.7. The van der Waals surface area contributed by atoms with Gasteiger partial charge in [0.2, 0.25) is 0 Å². The number of nitrogens with one attached hydrogen (secondary N) is 1. The van der Waals surface area contributed by atoms with Crippen molar-refractivity contribution in [1.82, 2.24) is 0 Å². The van der Waals surface area contributed by atoms with E-state index in [1.165, 1.54) is 5.56 Å². The molecule has 24 heavy (non-hydrogen) atoms. The van der Waals surface area contributed by atoms with Gasteiger partial charge in [0.15, 0.2) is 0 Å². The van der Waals surface area contributed by atoms with Crippen molar-refractivity contribution >= 4 is 23.3 Å². The number of carbonyl (C=O) groups is 1. The maximum absolute atomic E-state index is 11.7. The van der Waals surface area contributed by atoms with Crippen molar-refractivity contribution in [3.05, 3.63) is 75.8 Å². The molecule has 2 aliphatic rings. The molecule has 2 aromatic rings. The molecular weight excluding hydrogens is 322 g/mol. The van der Waals surface area contributed by atoms with E-state index in [0.29, 0.717) is 17.4 Å². The van der Waals surface area contributed by atoms with Gasteiger partial charge >= 0.3 is 5.97 Å². The zero-order valence-corrected chi connectivity index (χ0v) is 14.0. The van der Waals surface area contributed by atoms with E-state index in [9.17, 15) is 9.90 Å². The normalized spacial score (nSPS) is 24.2. The Labute approximate surface area is 146 Å². The Morgan fingerprint density at radius 1 is 1.21 bits per heavy atom. The molecule has 2 N–H and O–H groups in total. The number of carboxylic acids is 1. The van der Waals surface area contributed by atoms with Crippen LogP contribution in [-0.4, -0.2) is 11.1 Å². The highest BCUT2D eigenvalue weighted by atomic mass is 35.5. The van der Waals surface area contributed by atoms with Crippen LogP contribution in [0.4, 0.5) is 5.69 Å². The van der Waals surface area contributed by atoms with E-state index in [2.05, 4.69) is 23.5 Å². The summed E-state index contributed by atoms with van der Waals surface area (Å²) in [7, 11) is 0. The van der Waals surface area contributed by atoms with Crippen LogP contribution in [0.1, 0.15) is 45.4 Å². The van der Waals surface area contributed by atoms with Crippen molar-refractivity contribution in [2.75, 3.05) is 5.32 Å². The predicted molar refractivity (Wildman–Crippen MR) is 95.9 cm³/mol. The van der Waals surface area contributed by atoms with Crippen LogP contribution in [0.2, 0.25) is 5.02 Å². The zero-order chi connectivity index (χ0) is 16.8. The van der Waals surface area contributed by atoms with Crippen molar-refractivity contribution in [3.63, 3.8) is 0 Å². The first-order chi connectivity index (χ1) is 11.6. The molecule has 0 saturated carbocycles. The van der Waals surface area contributed by atoms with E-state index >= 15 is 0 Å². The second kappa shape index (κ2) is 5.67. The lowest BCUT2D eigenvalue weighted by molar-refractivity contribution is 0.0694. The highest BCUT2D eigenvalue weighted by molar-refractivity contribution is 6.31. The number of allylic oxidation sites excluding steroid dienone is 2. The van der Waals surface area contributed by atoms with Gasteiger partial charge in [-0.3, -0.25) is 0 Å². The number of halogens is 1. The smallest absolute Gasteiger partial charge is 0.336 e. The van der Waals surface area contributed by atoms with Gasteiger partial charge in [-0.2, -0.15) is 0 Å². The third-order valence-electron chi connectivity index (χ3n) is 5.26. The van der Waals surface area contributed by atoms with E-state index in [1.807, 2.05) is 25.1 Å². The van der Waals surface area contributed by atoms with Gasteiger partial charge in [0.1, 0.15) is 0 Å². The van der Waals surface area contributed by atoms with Crippen molar-refractivity contribution in [1.29, 1.82) is 0 Å². The summed E-state index contributed by atoms with van der Waals surface area (Å²) in [5.41, 5.74) is 4.52. The number of benzene rings is 2. The lowest BCUT2D eigenvalue weighted by Gasteiger charge is -2.39. The van der Waals surface area contributed by atoms with Crippen LogP contribution in [0.3, 0.4) is 0 Å². The third-order valence-corrected chi connectivity index (χ3v) is 5.67. The number of hydrogen-bond acceptors (Lipinski definition) is 2. The minimum absolute atomic E-state index is 0.0398. The van der Waals surface area contributed by atoms with Crippen LogP contribution >= 0.6 is 11.6 Å². The summed E-state index contributed by atoms with van der Waals surface area (Å²) in [6.07, 6.45) is 5.39. The number of fused-ring (bicyclic) bond motifs is 3. The predicted octanol–water partition coefficient (Wildman–Crippen LogP) is 5.17. The SMILES string of the molecule is Cc1c(Cl)ccc2c1N[C@H](c1ccccc1C(=O)O)[C@@H]1CC=C[C@@H]21. The van der Waals surface area contributed by atoms with Crippen LogP contribution in [0, 0.1) is 12.8 Å². The molecule has 1 aliphatic heterocycles. The fourth-order valence-corrected chi connectivity index (χ4v) is 4.22. The van der Waals surface area contributed by atoms with E-state index in [1.54, 1.807) is 12.1 Å². The summed E-state index contributed by atoms with van der Waals surface area (Å²) >= 11 is 6.31. The lowest BCUT2D eigenvalue weighted by atomic mass is 9.75. The van der Waals surface area contributed by atoms with E-state index in [-0.39, 0.29) is 6.04 Å². The Morgan fingerprint density at radius 2 is 2.00 bits per heavy atom. The molecule has 0 saturated heterocycles. The minimum Gasteiger partial charge on any atom is -0.478 e. The molecule has 4 rings (SSSR count). The molecule has 0 aromatic heterocycles. The highest BCUT2D eigenvalue weighted by Crippen LogP contribution is 2.51. The van der Waals surface area contributed by atoms with E-state index in [0.717, 1.165) is 28.3 Å². The molecule has 0 radical (unpaired) electrons. The molecule has 0 fully saturated rings. The average Bonchev–Trinajstić information content (AvgIpc) is 3.07. The molecule has 3 nitrogen and oxygen atoms in total. The first-order valence-electron chi connectivity index (χ1n) is 8.12. The molecule has 0 unspecified atom stereocenters. The number of rotatable bonds is 2. The van der Waals surface area contributed by atoms with Gasteiger partial charge in [-0.15, -0.1) is 0 Å². The zero-order valence-electron chi connectivity index (χ0n) is 13.3. The van der Waals surface area contributed by atoms with Gasteiger partial charge in [0.05, 0.1) is 11.6 Å². The Hall–Kier alpha value is -2.26. The summed E-state index contributed by atoms with van der Waals surface area (Å²) in [6.45, 7) is 2.01. The molecule has 122 valence electrons. The van der Waals surface area contributed by atoms with Gasteiger partial charge in [-0.1, -0.05) is 48.0 Å².